The van der Waals surface area contributed by atoms with E-state index in [1.165, 1.54) is 0 Å². The zero-order valence-electron chi connectivity index (χ0n) is 8.33. The van der Waals surface area contributed by atoms with Crippen LogP contribution in [0.25, 0.3) is 0 Å². The van der Waals surface area contributed by atoms with Gasteiger partial charge in [0.25, 0.3) is 0 Å². The van der Waals surface area contributed by atoms with Gasteiger partial charge in [-0.25, -0.2) is 4.39 Å². The first kappa shape index (κ1) is 9.66. The fourth-order valence-electron chi connectivity index (χ4n) is 2.17. The van der Waals surface area contributed by atoms with E-state index in [1.54, 1.807) is 19.1 Å². The maximum absolute atomic E-state index is 13.3. The maximum Gasteiger partial charge on any atom is 0.126 e. The molecule has 0 heterocycles. The van der Waals surface area contributed by atoms with Crippen molar-refractivity contribution in [2.75, 3.05) is 0 Å². The van der Waals surface area contributed by atoms with Crippen molar-refractivity contribution in [1.29, 1.82) is 0 Å². The van der Waals surface area contributed by atoms with Crippen molar-refractivity contribution in [3.63, 3.8) is 0 Å². The van der Waals surface area contributed by atoms with E-state index < -0.39 is 0 Å². The van der Waals surface area contributed by atoms with Gasteiger partial charge in [0.05, 0.1) is 6.10 Å². The molecule has 0 spiro atoms. The number of benzene rings is 1. The van der Waals surface area contributed by atoms with E-state index in [1.807, 2.05) is 6.07 Å². The maximum atomic E-state index is 13.3. The monoisotopic (exact) mass is 194 g/mol. The summed E-state index contributed by atoms with van der Waals surface area (Å²) in [5.41, 5.74) is 1.61. The van der Waals surface area contributed by atoms with Crippen molar-refractivity contribution >= 4 is 0 Å². The number of aliphatic hydroxyl groups excluding tert-OH is 1. The molecule has 76 valence electrons. The average molecular weight is 194 g/mol. The topological polar surface area (TPSA) is 20.2 Å². The summed E-state index contributed by atoms with van der Waals surface area (Å²) >= 11 is 0. The first-order chi connectivity index (χ1) is 6.68. The SMILES string of the molecule is Cc1ccc([C@@H]2CCC[C@@H]2O)cc1F. The normalized spacial score (nSPS) is 26.8. The fraction of sp³-hybridized carbons (Fsp3) is 0.500. The number of halogens is 1. The van der Waals surface area contributed by atoms with Gasteiger partial charge in [0, 0.05) is 5.92 Å². The van der Waals surface area contributed by atoms with Crippen LogP contribution in [0.5, 0.6) is 0 Å². The van der Waals surface area contributed by atoms with Crippen LogP contribution >= 0.6 is 0 Å². The van der Waals surface area contributed by atoms with Crippen LogP contribution in [0.2, 0.25) is 0 Å². The molecule has 0 saturated heterocycles. The van der Waals surface area contributed by atoms with Gasteiger partial charge in [-0.3, -0.25) is 0 Å². The predicted molar refractivity (Wildman–Crippen MR) is 53.7 cm³/mol. The zero-order valence-corrected chi connectivity index (χ0v) is 8.33. The van der Waals surface area contributed by atoms with Crippen molar-refractivity contribution in [2.24, 2.45) is 0 Å². The highest BCUT2D eigenvalue weighted by Gasteiger charge is 2.26. The number of hydrogen-bond donors (Lipinski definition) is 1. The molecule has 1 aromatic carbocycles. The van der Waals surface area contributed by atoms with Gasteiger partial charge in [-0.1, -0.05) is 18.6 Å². The molecule has 0 unspecified atom stereocenters. The summed E-state index contributed by atoms with van der Waals surface area (Å²) in [7, 11) is 0. The van der Waals surface area contributed by atoms with Crippen LogP contribution in [0.4, 0.5) is 4.39 Å². The number of aryl methyl sites for hydroxylation is 1. The Morgan fingerprint density at radius 3 is 2.71 bits per heavy atom. The van der Waals surface area contributed by atoms with Gasteiger partial charge in [0.2, 0.25) is 0 Å². The first-order valence-electron chi connectivity index (χ1n) is 5.12. The van der Waals surface area contributed by atoms with Gasteiger partial charge in [-0.2, -0.15) is 0 Å². The summed E-state index contributed by atoms with van der Waals surface area (Å²) < 4.78 is 13.3. The van der Waals surface area contributed by atoms with Gasteiger partial charge in [-0.15, -0.1) is 0 Å². The lowest BCUT2D eigenvalue weighted by Crippen LogP contribution is -2.11. The molecule has 2 atom stereocenters. The third-order valence-electron chi connectivity index (χ3n) is 3.10. The van der Waals surface area contributed by atoms with Crippen LogP contribution in [0.1, 0.15) is 36.3 Å². The van der Waals surface area contributed by atoms with Gasteiger partial charge >= 0.3 is 0 Å². The molecule has 0 radical (unpaired) electrons. The van der Waals surface area contributed by atoms with E-state index in [9.17, 15) is 9.50 Å². The summed E-state index contributed by atoms with van der Waals surface area (Å²) in [6, 6.07) is 5.28. The Hall–Kier alpha value is -0.890. The third kappa shape index (κ3) is 1.67. The number of rotatable bonds is 1. The van der Waals surface area contributed by atoms with E-state index in [0.717, 1.165) is 24.8 Å². The molecule has 1 aliphatic carbocycles. The lowest BCUT2D eigenvalue weighted by atomic mass is 9.95. The smallest absolute Gasteiger partial charge is 0.126 e. The molecule has 1 nitrogen and oxygen atoms in total. The summed E-state index contributed by atoms with van der Waals surface area (Å²) in [5.74, 6) is -0.0216. The van der Waals surface area contributed by atoms with Crippen LogP contribution in [0, 0.1) is 12.7 Å². The molecule has 0 aliphatic heterocycles. The molecule has 1 saturated carbocycles. The highest BCUT2D eigenvalue weighted by molar-refractivity contribution is 5.27. The van der Waals surface area contributed by atoms with E-state index >= 15 is 0 Å². The molecular formula is C12H15FO. The summed E-state index contributed by atoms with van der Waals surface area (Å²) in [5, 5.41) is 9.68. The number of hydrogen-bond acceptors (Lipinski definition) is 1. The van der Waals surface area contributed by atoms with E-state index in [2.05, 4.69) is 0 Å². The van der Waals surface area contributed by atoms with E-state index in [0.29, 0.717) is 5.56 Å². The second-order valence-electron chi connectivity index (χ2n) is 4.11. The quantitative estimate of drug-likeness (QED) is 0.728. The molecule has 0 aromatic heterocycles. The predicted octanol–water partition coefficient (Wildman–Crippen LogP) is 2.76. The summed E-state index contributed by atoms with van der Waals surface area (Å²) in [6.07, 6.45) is 2.59. The Kier molecular flexibility index (Phi) is 2.55. The van der Waals surface area contributed by atoms with Crippen LogP contribution in [0.3, 0.4) is 0 Å². The minimum Gasteiger partial charge on any atom is -0.392 e. The largest absolute Gasteiger partial charge is 0.392 e. The van der Waals surface area contributed by atoms with Crippen molar-refractivity contribution in [3.8, 4) is 0 Å². The second-order valence-corrected chi connectivity index (χ2v) is 4.11. The molecule has 1 aromatic rings. The van der Waals surface area contributed by atoms with Crippen molar-refractivity contribution in [3.05, 3.63) is 35.1 Å². The Labute approximate surface area is 83.6 Å². The van der Waals surface area contributed by atoms with Crippen LogP contribution in [-0.2, 0) is 0 Å². The lowest BCUT2D eigenvalue weighted by molar-refractivity contribution is 0.163. The van der Waals surface area contributed by atoms with Crippen molar-refractivity contribution in [2.45, 2.75) is 38.2 Å². The van der Waals surface area contributed by atoms with Crippen LogP contribution in [0.15, 0.2) is 18.2 Å². The standard InChI is InChI=1S/C12H15FO/c1-8-5-6-9(7-11(8)13)10-3-2-4-12(10)14/h5-7,10,12,14H,2-4H2,1H3/t10-,12-/m0/s1. The molecular weight excluding hydrogens is 179 g/mol. The molecule has 0 amide bonds. The summed E-state index contributed by atoms with van der Waals surface area (Å²) in [4.78, 5) is 0. The molecule has 2 rings (SSSR count). The van der Waals surface area contributed by atoms with Gasteiger partial charge < -0.3 is 5.11 Å². The minimum absolute atomic E-state index is 0.144. The second kappa shape index (κ2) is 3.70. The molecule has 2 heteroatoms. The highest BCUT2D eigenvalue weighted by Crippen LogP contribution is 2.34. The van der Waals surface area contributed by atoms with Crippen LogP contribution < -0.4 is 0 Å². The summed E-state index contributed by atoms with van der Waals surface area (Å²) in [6.45, 7) is 1.75. The molecule has 1 N–H and O–H groups in total. The van der Waals surface area contributed by atoms with Gasteiger partial charge in [-0.05, 0) is 37.0 Å². The first-order valence-corrected chi connectivity index (χ1v) is 5.12. The Bertz CT molecular complexity index is 335. The van der Waals surface area contributed by atoms with Crippen molar-refractivity contribution < 1.29 is 9.50 Å². The Balaban J connectivity index is 2.28. The average Bonchev–Trinajstić information content (AvgIpc) is 2.57. The molecule has 0 bridgehead atoms. The third-order valence-corrected chi connectivity index (χ3v) is 3.10. The van der Waals surface area contributed by atoms with E-state index in [4.69, 9.17) is 0 Å². The lowest BCUT2D eigenvalue weighted by Gasteiger charge is -2.15. The minimum atomic E-state index is -0.280. The van der Waals surface area contributed by atoms with Gasteiger partial charge in [0.15, 0.2) is 0 Å². The fourth-order valence-corrected chi connectivity index (χ4v) is 2.17. The Morgan fingerprint density at radius 1 is 1.36 bits per heavy atom. The van der Waals surface area contributed by atoms with Crippen molar-refractivity contribution in [1.82, 2.24) is 0 Å². The van der Waals surface area contributed by atoms with Gasteiger partial charge in [0.1, 0.15) is 5.82 Å². The number of aliphatic hydroxyl groups is 1. The molecule has 1 aliphatic rings. The van der Waals surface area contributed by atoms with Crippen LogP contribution in [-0.4, -0.2) is 11.2 Å². The Morgan fingerprint density at radius 2 is 2.14 bits per heavy atom. The highest BCUT2D eigenvalue weighted by atomic mass is 19.1. The van der Waals surface area contributed by atoms with E-state index in [-0.39, 0.29) is 17.8 Å². The molecule has 14 heavy (non-hydrogen) atoms. The molecule has 1 fully saturated rings. The zero-order chi connectivity index (χ0) is 10.1.